The van der Waals surface area contributed by atoms with Crippen LogP contribution in [0.1, 0.15) is 6.92 Å². The van der Waals surface area contributed by atoms with E-state index < -0.39 is 3.78 Å². The summed E-state index contributed by atoms with van der Waals surface area (Å²) in [5.74, 6) is -0.284. The third-order valence-corrected chi connectivity index (χ3v) is 1.71. The Balaban J connectivity index is 2.54. The standard InChI is InChI=1S/C6H8BrClN2O2/c1-6(7,8)3-10-2-4(11)9-5(10)12/h2-3H2,1H3,(H,9,11,12). The Hall–Kier alpha value is -0.290. The Kier molecular flexibility index (Phi) is 2.63. The van der Waals surface area contributed by atoms with Crippen molar-refractivity contribution in [3.05, 3.63) is 0 Å². The van der Waals surface area contributed by atoms with Gasteiger partial charge in [-0.1, -0.05) is 15.9 Å². The highest BCUT2D eigenvalue weighted by atomic mass is 79.9. The normalized spacial score (nSPS) is 22.4. The molecule has 1 aliphatic heterocycles. The van der Waals surface area contributed by atoms with E-state index in [4.69, 9.17) is 11.6 Å². The van der Waals surface area contributed by atoms with E-state index in [1.54, 1.807) is 6.92 Å². The Morgan fingerprint density at radius 1 is 1.75 bits per heavy atom. The number of carbonyl (C=O) groups is 2. The highest BCUT2D eigenvalue weighted by Gasteiger charge is 2.31. The number of alkyl halides is 2. The van der Waals surface area contributed by atoms with Gasteiger partial charge in [0, 0.05) is 0 Å². The summed E-state index contributed by atoms with van der Waals surface area (Å²) in [6, 6.07) is -0.383. The first-order valence-electron chi connectivity index (χ1n) is 3.35. The fourth-order valence-electron chi connectivity index (χ4n) is 0.946. The number of halogens is 2. The van der Waals surface area contributed by atoms with Crippen molar-refractivity contribution in [2.24, 2.45) is 0 Å². The summed E-state index contributed by atoms with van der Waals surface area (Å²) < 4.78 is -0.672. The molecule has 1 fully saturated rings. The number of imide groups is 1. The predicted octanol–water partition coefficient (Wildman–Crippen LogP) is 0.888. The largest absolute Gasteiger partial charge is 0.324 e. The Morgan fingerprint density at radius 3 is 2.67 bits per heavy atom. The molecule has 4 nitrogen and oxygen atoms in total. The molecule has 3 amide bonds. The predicted molar refractivity (Wildman–Crippen MR) is 48.3 cm³/mol. The van der Waals surface area contributed by atoms with Crippen LogP contribution in [0.3, 0.4) is 0 Å². The van der Waals surface area contributed by atoms with Gasteiger partial charge in [-0.25, -0.2) is 4.79 Å². The molecule has 0 aliphatic carbocycles. The summed E-state index contributed by atoms with van der Waals surface area (Å²) in [5.41, 5.74) is 0. The molecule has 0 spiro atoms. The fraction of sp³-hybridized carbons (Fsp3) is 0.667. The summed E-state index contributed by atoms with van der Waals surface area (Å²) in [4.78, 5) is 23.0. The van der Waals surface area contributed by atoms with Gasteiger partial charge < -0.3 is 4.90 Å². The molecule has 0 aromatic carbocycles. The molecule has 1 N–H and O–H groups in total. The lowest BCUT2D eigenvalue weighted by molar-refractivity contribution is -0.118. The zero-order valence-corrected chi connectivity index (χ0v) is 8.78. The number of rotatable bonds is 2. The molecule has 0 radical (unpaired) electrons. The fourth-order valence-corrected chi connectivity index (χ4v) is 1.39. The quantitative estimate of drug-likeness (QED) is 0.588. The van der Waals surface area contributed by atoms with Crippen molar-refractivity contribution in [1.82, 2.24) is 10.2 Å². The van der Waals surface area contributed by atoms with Crippen LogP contribution in [0.4, 0.5) is 4.79 Å². The molecule has 0 bridgehead atoms. The maximum Gasteiger partial charge on any atom is 0.324 e. The molecule has 0 aromatic rings. The minimum Gasteiger partial charge on any atom is -0.313 e. The molecule has 12 heavy (non-hydrogen) atoms. The van der Waals surface area contributed by atoms with Gasteiger partial charge in [0.25, 0.3) is 0 Å². The first-order chi connectivity index (χ1) is 5.38. The van der Waals surface area contributed by atoms with Gasteiger partial charge in [0.15, 0.2) is 0 Å². The Bertz CT molecular complexity index is 226. The van der Waals surface area contributed by atoms with Gasteiger partial charge >= 0.3 is 6.03 Å². The summed E-state index contributed by atoms with van der Waals surface area (Å²) in [7, 11) is 0. The van der Waals surface area contributed by atoms with Crippen molar-refractivity contribution >= 4 is 39.5 Å². The van der Waals surface area contributed by atoms with Crippen molar-refractivity contribution in [3.63, 3.8) is 0 Å². The van der Waals surface area contributed by atoms with E-state index in [9.17, 15) is 9.59 Å². The minimum atomic E-state index is -0.672. The second-order valence-electron chi connectivity index (χ2n) is 2.78. The smallest absolute Gasteiger partial charge is 0.313 e. The van der Waals surface area contributed by atoms with E-state index >= 15 is 0 Å². The molecular formula is C6H8BrClN2O2. The molecule has 1 saturated heterocycles. The molecular weight excluding hydrogens is 247 g/mol. The molecule has 1 heterocycles. The number of urea groups is 1. The van der Waals surface area contributed by atoms with Crippen molar-refractivity contribution in [2.45, 2.75) is 10.7 Å². The first-order valence-corrected chi connectivity index (χ1v) is 4.52. The first kappa shape index (κ1) is 9.80. The highest BCUT2D eigenvalue weighted by molar-refractivity contribution is 9.10. The van der Waals surface area contributed by atoms with E-state index in [0.717, 1.165) is 0 Å². The Labute approximate surface area is 83.4 Å². The van der Waals surface area contributed by atoms with Gasteiger partial charge in [0.2, 0.25) is 5.91 Å². The highest BCUT2D eigenvalue weighted by Crippen LogP contribution is 2.24. The van der Waals surface area contributed by atoms with Crippen LogP contribution in [0, 0.1) is 0 Å². The van der Waals surface area contributed by atoms with Gasteiger partial charge in [-0.15, -0.1) is 11.6 Å². The topological polar surface area (TPSA) is 49.4 Å². The van der Waals surface area contributed by atoms with Crippen LogP contribution in [0.25, 0.3) is 0 Å². The van der Waals surface area contributed by atoms with Crippen molar-refractivity contribution < 1.29 is 9.59 Å². The second kappa shape index (κ2) is 3.22. The zero-order chi connectivity index (χ0) is 9.35. The summed E-state index contributed by atoms with van der Waals surface area (Å²) in [5, 5.41) is 2.16. The molecule has 6 heteroatoms. The summed E-state index contributed by atoms with van der Waals surface area (Å²) in [6.45, 7) is 2.10. The maximum atomic E-state index is 11.0. The van der Waals surface area contributed by atoms with Crippen LogP contribution in [0.15, 0.2) is 0 Å². The number of carbonyl (C=O) groups excluding carboxylic acids is 2. The summed E-state index contributed by atoms with van der Waals surface area (Å²) >= 11 is 8.98. The lowest BCUT2D eigenvalue weighted by Gasteiger charge is -2.20. The maximum absolute atomic E-state index is 11.0. The average molecular weight is 255 g/mol. The van der Waals surface area contributed by atoms with Gasteiger partial charge in [0.1, 0.15) is 10.3 Å². The molecule has 1 aliphatic rings. The van der Waals surface area contributed by atoms with Gasteiger partial charge in [-0.2, -0.15) is 0 Å². The number of nitrogens with zero attached hydrogens (tertiary/aromatic N) is 1. The number of nitrogens with one attached hydrogen (secondary N) is 1. The van der Waals surface area contributed by atoms with E-state index in [1.165, 1.54) is 4.90 Å². The van der Waals surface area contributed by atoms with Crippen LogP contribution in [0.5, 0.6) is 0 Å². The molecule has 1 rings (SSSR count). The van der Waals surface area contributed by atoms with Crippen LogP contribution in [0.2, 0.25) is 0 Å². The number of hydrogen-bond donors (Lipinski definition) is 1. The SMILES string of the molecule is CC(Cl)(Br)CN1CC(=O)NC1=O. The van der Waals surface area contributed by atoms with Gasteiger partial charge in [0.05, 0.1) is 6.54 Å². The monoisotopic (exact) mass is 254 g/mol. The molecule has 68 valence electrons. The van der Waals surface area contributed by atoms with E-state index in [0.29, 0.717) is 6.54 Å². The molecule has 0 aromatic heterocycles. The van der Waals surface area contributed by atoms with E-state index in [-0.39, 0.29) is 18.5 Å². The van der Waals surface area contributed by atoms with E-state index in [1.807, 2.05) is 0 Å². The van der Waals surface area contributed by atoms with Crippen molar-refractivity contribution in [2.75, 3.05) is 13.1 Å². The van der Waals surface area contributed by atoms with E-state index in [2.05, 4.69) is 21.2 Å². The zero-order valence-electron chi connectivity index (χ0n) is 6.43. The third kappa shape index (κ3) is 2.64. The van der Waals surface area contributed by atoms with Crippen LogP contribution >= 0.6 is 27.5 Å². The molecule has 1 atom stereocenters. The lowest BCUT2D eigenvalue weighted by Crippen LogP contribution is -2.35. The van der Waals surface area contributed by atoms with Crippen LogP contribution in [-0.4, -0.2) is 33.7 Å². The molecule has 0 saturated carbocycles. The number of hydrogen-bond acceptors (Lipinski definition) is 2. The van der Waals surface area contributed by atoms with Crippen LogP contribution < -0.4 is 5.32 Å². The second-order valence-corrected chi connectivity index (χ2v) is 5.82. The Morgan fingerprint density at radius 2 is 2.33 bits per heavy atom. The van der Waals surface area contributed by atoms with Crippen molar-refractivity contribution in [1.29, 1.82) is 0 Å². The van der Waals surface area contributed by atoms with Gasteiger partial charge in [-0.05, 0) is 6.92 Å². The minimum absolute atomic E-state index is 0.0900. The third-order valence-electron chi connectivity index (χ3n) is 1.34. The average Bonchev–Trinajstić information content (AvgIpc) is 2.06. The van der Waals surface area contributed by atoms with Crippen molar-refractivity contribution in [3.8, 4) is 0 Å². The van der Waals surface area contributed by atoms with Gasteiger partial charge in [-0.3, -0.25) is 10.1 Å². The number of amides is 3. The molecule has 1 unspecified atom stereocenters. The summed E-state index contributed by atoms with van der Waals surface area (Å²) in [6.07, 6.45) is 0. The van der Waals surface area contributed by atoms with Crippen LogP contribution in [-0.2, 0) is 4.79 Å². The lowest BCUT2D eigenvalue weighted by atomic mass is 10.4.